The SMILES string of the molecule is c1csc(N2CCN(CCNC3CCOCC3)CC2)n1. The van der Waals surface area contributed by atoms with Gasteiger partial charge in [-0.1, -0.05) is 0 Å². The van der Waals surface area contributed by atoms with Gasteiger partial charge in [-0.05, 0) is 12.8 Å². The first-order chi connectivity index (χ1) is 9.92. The molecule has 0 spiro atoms. The monoisotopic (exact) mass is 296 g/mol. The lowest BCUT2D eigenvalue weighted by molar-refractivity contribution is 0.0771. The van der Waals surface area contributed by atoms with Gasteiger partial charge in [-0.2, -0.15) is 0 Å². The van der Waals surface area contributed by atoms with Crippen LogP contribution in [-0.4, -0.2) is 68.4 Å². The summed E-state index contributed by atoms with van der Waals surface area (Å²) in [6.07, 6.45) is 4.22. The average Bonchev–Trinajstić information content (AvgIpc) is 3.03. The molecule has 2 fully saturated rings. The van der Waals surface area contributed by atoms with E-state index < -0.39 is 0 Å². The molecule has 0 radical (unpaired) electrons. The molecule has 1 N–H and O–H groups in total. The third kappa shape index (κ3) is 3.91. The molecule has 1 aromatic rings. The molecule has 6 heteroatoms. The largest absolute Gasteiger partial charge is 0.381 e. The van der Waals surface area contributed by atoms with Crippen LogP contribution in [0, 0.1) is 0 Å². The molecule has 5 nitrogen and oxygen atoms in total. The third-order valence-corrected chi connectivity index (χ3v) is 4.98. The van der Waals surface area contributed by atoms with Gasteiger partial charge < -0.3 is 15.0 Å². The zero-order chi connectivity index (χ0) is 13.6. The summed E-state index contributed by atoms with van der Waals surface area (Å²) in [7, 11) is 0. The van der Waals surface area contributed by atoms with Crippen LogP contribution < -0.4 is 10.2 Å². The number of piperazine rings is 1. The summed E-state index contributed by atoms with van der Waals surface area (Å²) < 4.78 is 5.38. The van der Waals surface area contributed by atoms with Gasteiger partial charge in [-0.25, -0.2) is 4.98 Å². The molecule has 2 saturated heterocycles. The van der Waals surface area contributed by atoms with Crippen molar-refractivity contribution in [1.82, 2.24) is 15.2 Å². The number of hydrogen-bond donors (Lipinski definition) is 1. The Morgan fingerprint density at radius 3 is 2.75 bits per heavy atom. The van der Waals surface area contributed by atoms with E-state index in [1.807, 2.05) is 6.20 Å². The quantitative estimate of drug-likeness (QED) is 0.879. The van der Waals surface area contributed by atoms with Crippen LogP contribution in [0.2, 0.25) is 0 Å². The van der Waals surface area contributed by atoms with Gasteiger partial charge in [0.2, 0.25) is 0 Å². The highest BCUT2D eigenvalue weighted by molar-refractivity contribution is 7.13. The topological polar surface area (TPSA) is 40.6 Å². The Morgan fingerprint density at radius 2 is 2.05 bits per heavy atom. The van der Waals surface area contributed by atoms with E-state index in [-0.39, 0.29) is 0 Å². The van der Waals surface area contributed by atoms with E-state index in [0.29, 0.717) is 6.04 Å². The minimum absolute atomic E-state index is 0.667. The van der Waals surface area contributed by atoms with Crippen LogP contribution in [-0.2, 0) is 4.74 Å². The number of nitrogens with zero attached hydrogens (tertiary/aromatic N) is 3. The van der Waals surface area contributed by atoms with Crippen LogP contribution in [0.3, 0.4) is 0 Å². The predicted octanol–water partition coefficient (Wildman–Crippen LogP) is 1.03. The van der Waals surface area contributed by atoms with Crippen molar-refractivity contribution in [3.8, 4) is 0 Å². The van der Waals surface area contributed by atoms with Crippen molar-refractivity contribution in [3.63, 3.8) is 0 Å². The zero-order valence-corrected chi connectivity index (χ0v) is 12.8. The molecule has 0 saturated carbocycles. The summed E-state index contributed by atoms with van der Waals surface area (Å²) in [4.78, 5) is 9.34. The third-order valence-electron chi connectivity index (χ3n) is 4.14. The van der Waals surface area contributed by atoms with Crippen molar-refractivity contribution < 1.29 is 4.74 Å². The van der Waals surface area contributed by atoms with Crippen molar-refractivity contribution >= 4 is 16.5 Å². The second kappa shape index (κ2) is 7.36. The molecule has 20 heavy (non-hydrogen) atoms. The van der Waals surface area contributed by atoms with Gasteiger partial charge >= 0.3 is 0 Å². The van der Waals surface area contributed by atoms with Gasteiger partial charge in [0.05, 0.1) is 0 Å². The minimum Gasteiger partial charge on any atom is -0.381 e. The smallest absolute Gasteiger partial charge is 0.185 e. The lowest BCUT2D eigenvalue weighted by Gasteiger charge is -2.35. The van der Waals surface area contributed by atoms with E-state index in [0.717, 1.165) is 65.3 Å². The van der Waals surface area contributed by atoms with E-state index in [4.69, 9.17) is 4.74 Å². The number of anilines is 1. The number of rotatable bonds is 5. The van der Waals surface area contributed by atoms with Gasteiger partial charge in [-0.3, -0.25) is 4.90 Å². The molecule has 2 aliphatic rings. The summed E-state index contributed by atoms with van der Waals surface area (Å²) in [5.41, 5.74) is 0. The number of hydrogen-bond acceptors (Lipinski definition) is 6. The molecule has 0 atom stereocenters. The molecule has 3 rings (SSSR count). The zero-order valence-electron chi connectivity index (χ0n) is 12.0. The number of nitrogens with one attached hydrogen (secondary N) is 1. The molecule has 0 aromatic carbocycles. The van der Waals surface area contributed by atoms with Crippen LogP contribution in [0.15, 0.2) is 11.6 Å². The first-order valence-electron chi connectivity index (χ1n) is 7.60. The normalized spacial score (nSPS) is 22.3. The van der Waals surface area contributed by atoms with Crippen LogP contribution in [0.5, 0.6) is 0 Å². The molecule has 0 amide bonds. The Kier molecular flexibility index (Phi) is 5.24. The van der Waals surface area contributed by atoms with Gasteiger partial charge in [0.1, 0.15) is 0 Å². The summed E-state index contributed by atoms with van der Waals surface area (Å²) in [6.45, 7) is 8.60. The second-order valence-corrected chi connectivity index (χ2v) is 6.36. The van der Waals surface area contributed by atoms with Crippen molar-refractivity contribution in [2.45, 2.75) is 18.9 Å². The molecule has 0 bridgehead atoms. The fraction of sp³-hybridized carbons (Fsp3) is 0.786. The van der Waals surface area contributed by atoms with E-state index in [1.165, 1.54) is 5.13 Å². The maximum absolute atomic E-state index is 5.38. The molecule has 112 valence electrons. The highest BCUT2D eigenvalue weighted by Crippen LogP contribution is 2.18. The van der Waals surface area contributed by atoms with E-state index in [9.17, 15) is 0 Å². The first kappa shape index (κ1) is 14.3. The molecular formula is C14H24N4OS. The predicted molar refractivity (Wildman–Crippen MR) is 82.6 cm³/mol. The number of ether oxygens (including phenoxy) is 1. The average molecular weight is 296 g/mol. The van der Waals surface area contributed by atoms with Crippen molar-refractivity contribution in [1.29, 1.82) is 0 Å². The van der Waals surface area contributed by atoms with Crippen LogP contribution in [0.4, 0.5) is 5.13 Å². The van der Waals surface area contributed by atoms with Crippen molar-refractivity contribution in [3.05, 3.63) is 11.6 Å². The lowest BCUT2D eigenvalue weighted by Crippen LogP contribution is -2.49. The fourth-order valence-electron chi connectivity index (χ4n) is 2.86. The second-order valence-electron chi connectivity index (χ2n) is 5.48. The molecular weight excluding hydrogens is 272 g/mol. The maximum Gasteiger partial charge on any atom is 0.185 e. The Morgan fingerprint density at radius 1 is 1.25 bits per heavy atom. The summed E-state index contributed by atoms with van der Waals surface area (Å²) in [6, 6.07) is 0.667. The van der Waals surface area contributed by atoms with Gasteiger partial charge in [0.25, 0.3) is 0 Å². The summed E-state index contributed by atoms with van der Waals surface area (Å²) in [5, 5.41) is 6.89. The van der Waals surface area contributed by atoms with Crippen molar-refractivity contribution in [2.24, 2.45) is 0 Å². The first-order valence-corrected chi connectivity index (χ1v) is 8.48. The van der Waals surface area contributed by atoms with E-state index in [1.54, 1.807) is 11.3 Å². The van der Waals surface area contributed by atoms with E-state index >= 15 is 0 Å². The highest BCUT2D eigenvalue weighted by Gasteiger charge is 2.19. The Hall–Kier alpha value is -0.690. The van der Waals surface area contributed by atoms with E-state index in [2.05, 4.69) is 25.5 Å². The van der Waals surface area contributed by atoms with Crippen molar-refractivity contribution in [2.75, 3.05) is 57.4 Å². The Bertz CT molecular complexity index is 373. The number of aromatic nitrogens is 1. The van der Waals surface area contributed by atoms with Crippen LogP contribution in [0.1, 0.15) is 12.8 Å². The van der Waals surface area contributed by atoms with Gasteiger partial charge in [0, 0.05) is 70.1 Å². The van der Waals surface area contributed by atoms with Crippen LogP contribution in [0.25, 0.3) is 0 Å². The Balaban J connectivity index is 1.32. The number of thiazole rings is 1. The molecule has 3 heterocycles. The maximum atomic E-state index is 5.38. The van der Waals surface area contributed by atoms with Crippen LogP contribution >= 0.6 is 11.3 Å². The molecule has 0 unspecified atom stereocenters. The summed E-state index contributed by atoms with van der Waals surface area (Å²) >= 11 is 1.74. The Labute approximate surface area is 124 Å². The molecule has 2 aliphatic heterocycles. The molecule has 1 aromatic heterocycles. The summed E-state index contributed by atoms with van der Waals surface area (Å²) in [5.74, 6) is 0. The van der Waals surface area contributed by atoms with Gasteiger partial charge in [0.15, 0.2) is 5.13 Å². The highest BCUT2D eigenvalue weighted by atomic mass is 32.1. The minimum atomic E-state index is 0.667. The standard InChI is InChI=1S/C14H24N4OS/c1-10-19-11-2-13(1)15-3-5-17-6-8-18(9-7-17)14-16-4-12-20-14/h4,12-13,15H,1-3,5-11H2. The fourth-order valence-corrected chi connectivity index (χ4v) is 3.56. The molecule has 0 aliphatic carbocycles. The lowest BCUT2D eigenvalue weighted by atomic mass is 10.1. The van der Waals surface area contributed by atoms with Gasteiger partial charge in [-0.15, -0.1) is 11.3 Å².